The Kier molecular flexibility index (Phi) is 17.2. The lowest BCUT2D eigenvalue weighted by Crippen LogP contribution is -2.56. The lowest BCUT2D eigenvalue weighted by Gasteiger charge is -2.30. The average Bonchev–Trinajstić information content (AvgIpc) is 3.02. The van der Waals surface area contributed by atoms with Crippen molar-refractivity contribution in [2.75, 3.05) is 51.8 Å². The van der Waals surface area contributed by atoms with Crippen molar-refractivity contribution in [1.29, 1.82) is 0 Å². The molecule has 1 aromatic carbocycles. The molecule has 0 aliphatic heterocycles. The molecule has 12 heteroatoms. The minimum atomic E-state index is -1.17. The fraction of sp³-hybridized carbons (Fsp3) is 0.611. The van der Waals surface area contributed by atoms with Crippen molar-refractivity contribution in [2.45, 2.75) is 84.9 Å². The summed E-state index contributed by atoms with van der Waals surface area (Å²) in [7, 11) is 3.26. The lowest BCUT2D eigenvalue weighted by atomic mass is 9.92. The summed E-state index contributed by atoms with van der Waals surface area (Å²) in [5, 5.41) is 12.2. The van der Waals surface area contributed by atoms with Crippen LogP contribution in [0.15, 0.2) is 53.8 Å². The summed E-state index contributed by atoms with van der Waals surface area (Å²) >= 11 is 0. The van der Waals surface area contributed by atoms with Crippen molar-refractivity contribution in [3.63, 3.8) is 0 Å². The molecule has 0 saturated heterocycles. The number of anilines is 1. The van der Waals surface area contributed by atoms with E-state index in [1.165, 1.54) is 18.9 Å². The van der Waals surface area contributed by atoms with Gasteiger partial charge in [0.05, 0.1) is 32.7 Å². The molecule has 3 amide bonds. The van der Waals surface area contributed by atoms with Crippen LogP contribution in [0.1, 0.15) is 67.2 Å². The van der Waals surface area contributed by atoms with Crippen molar-refractivity contribution in [3.05, 3.63) is 53.8 Å². The van der Waals surface area contributed by atoms with E-state index in [0.717, 1.165) is 37.1 Å². The molecule has 0 bridgehead atoms. The van der Waals surface area contributed by atoms with Crippen LogP contribution in [0.2, 0.25) is 0 Å². The number of rotatable bonds is 19. The third kappa shape index (κ3) is 14.9. The summed E-state index contributed by atoms with van der Waals surface area (Å²) in [5.74, 6) is 0.0432. The van der Waals surface area contributed by atoms with Crippen molar-refractivity contribution >= 4 is 29.6 Å². The molecule has 1 aliphatic carbocycles. The van der Waals surface area contributed by atoms with Crippen LogP contribution >= 0.6 is 0 Å². The Hall–Kier alpha value is -3.90. The minimum Gasteiger partial charge on any atom is -0.494 e. The molecule has 0 radical (unpaired) electrons. The Morgan fingerprint density at radius 1 is 1.06 bits per heavy atom. The highest BCUT2D eigenvalue weighted by Crippen LogP contribution is 2.24. The first-order valence-corrected chi connectivity index (χ1v) is 16.8. The van der Waals surface area contributed by atoms with Crippen molar-refractivity contribution < 1.29 is 33.4 Å². The molecule has 4 N–H and O–H groups in total. The van der Waals surface area contributed by atoms with Crippen LogP contribution in [0.3, 0.4) is 0 Å². The van der Waals surface area contributed by atoms with Crippen LogP contribution in [-0.4, -0.2) is 88.5 Å². The number of carbonyl (C=O) groups is 4. The van der Waals surface area contributed by atoms with Crippen molar-refractivity contribution in [2.24, 2.45) is 11.8 Å². The molecular weight excluding hydrogens is 614 g/mol. The number of nitrogens with zero attached hydrogens (tertiary/aromatic N) is 1. The van der Waals surface area contributed by atoms with Crippen LogP contribution in [0.4, 0.5) is 10.5 Å². The number of methoxy groups -OCH3 is 1. The highest BCUT2D eigenvalue weighted by molar-refractivity contribution is 5.91. The molecule has 48 heavy (non-hydrogen) atoms. The lowest BCUT2D eigenvalue weighted by molar-refractivity contribution is -0.156. The van der Waals surface area contributed by atoms with Gasteiger partial charge in [-0.15, -0.1) is 0 Å². The minimum absolute atomic E-state index is 0.0583. The smallest absolute Gasteiger partial charge is 0.414 e. The highest BCUT2D eigenvalue weighted by atomic mass is 16.6. The van der Waals surface area contributed by atoms with Crippen molar-refractivity contribution in [3.8, 4) is 0 Å². The SMILES string of the molecule is CCC(CCOC1=CCC(C)C(CNCC(CN(C(=O)OC)c2ccccc2)NC(=O)[C@H](CC(=O)OC(C)(C)C)NC(C)=O)=C1)CNC. The second-order valence-corrected chi connectivity index (χ2v) is 13.2. The first kappa shape index (κ1) is 40.3. The van der Waals surface area contributed by atoms with Gasteiger partial charge >= 0.3 is 12.1 Å². The molecule has 1 aromatic rings. The van der Waals surface area contributed by atoms with Crippen molar-refractivity contribution in [1.82, 2.24) is 21.3 Å². The van der Waals surface area contributed by atoms with Gasteiger partial charge in [-0.25, -0.2) is 4.79 Å². The van der Waals surface area contributed by atoms with Gasteiger partial charge in [0.1, 0.15) is 17.4 Å². The maximum atomic E-state index is 13.6. The van der Waals surface area contributed by atoms with Crippen LogP contribution < -0.4 is 26.2 Å². The normalized spacial score (nSPS) is 16.4. The average molecular weight is 672 g/mol. The van der Waals surface area contributed by atoms with E-state index in [4.69, 9.17) is 14.2 Å². The predicted octanol–water partition coefficient (Wildman–Crippen LogP) is 4.07. The quantitative estimate of drug-likeness (QED) is 0.160. The van der Waals surface area contributed by atoms with E-state index >= 15 is 0 Å². The second-order valence-electron chi connectivity index (χ2n) is 13.2. The summed E-state index contributed by atoms with van der Waals surface area (Å²) < 4.78 is 16.6. The molecule has 0 fully saturated rings. The fourth-order valence-corrected chi connectivity index (χ4v) is 5.32. The second kappa shape index (κ2) is 20.5. The van der Waals surface area contributed by atoms with Gasteiger partial charge < -0.3 is 35.5 Å². The zero-order valence-electron chi connectivity index (χ0n) is 30.0. The highest BCUT2D eigenvalue weighted by Gasteiger charge is 2.30. The topological polar surface area (TPSA) is 147 Å². The number of esters is 1. The molecule has 3 unspecified atom stereocenters. The Morgan fingerprint density at radius 3 is 2.38 bits per heavy atom. The van der Waals surface area contributed by atoms with Crippen LogP contribution in [-0.2, 0) is 28.6 Å². The number of benzene rings is 1. The molecular formula is C36H57N5O7. The third-order valence-corrected chi connectivity index (χ3v) is 7.92. The third-order valence-electron chi connectivity index (χ3n) is 7.92. The number of hydrogen-bond acceptors (Lipinski definition) is 9. The number of para-hydroxylation sites is 1. The summed E-state index contributed by atoms with van der Waals surface area (Å²) in [5.41, 5.74) is 0.993. The molecule has 12 nitrogen and oxygen atoms in total. The summed E-state index contributed by atoms with van der Waals surface area (Å²) in [6, 6.07) is 7.19. The van der Waals surface area contributed by atoms with E-state index in [1.807, 2.05) is 13.1 Å². The fourth-order valence-electron chi connectivity index (χ4n) is 5.32. The standard InChI is InChI=1S/C36H57N5O7/c1-9-27(21-37-7)17-18-47-31-16-15-25(2)28(19-31)22-38-23-29(24-41(35(45)46-8)30-13-11-10-12-14-30)40-34(44)32(39-26(3)42)20-33(43)48-36(4,5)6/h10-14,16,19,25,27,29,32,37-38H,9,15,17-18,20-24H2,1-8H3,(H,39,42)(H,40,44)/t25?,27?,29?,32-/m0/s1. The monoisotopic (exact) mass is 671 g/mol. The molecule has 4 atom stereocenters. The van der Waals surface area contributed by atoms with Gasteiger partial charge in [0.2, 0.25) is 11.8 Å². The van der Waals surface area contributed by atoms with E-state index in [1.54, 1.807) is 45.0 Å². The molecule has 1 aliphatic rings. The zero-order chi connectivity index (χ0) is 35.7. The number of hydrogen-bond donors (Lipinski definition) is 4. The van der Waals surface area contributed by atoms with Crippen LogP contribution in [0.5, 0.6) is 0 Å². The number of ether oxygens (including phenoxy) is 3. The van der Waals surface area contributed by atoms with E-state index in [2.05, 4.69) is 47.3 Å². The van der Waals surface area contributed by atoms with Gasteiger partial charge in [0.15, 0.2) is 0 Å². The zero-order valence-corrected chi connectivity index (χ0v) is 30.0. The van der Waals surface area contributed by atoms with E-state index in [0.29, 0.717) is 30.7 Å². The van der Waals surface area contributed by atoms with E-state index in [-0.39, 0.29) is 19.5 Å². The van der Waals surface area contributed by atoms with Gasteiger partial charge in [-0.2, -0.15) is 0 Å². The maximum Gasteiger partial charge on any atom is 0.414 e. The molecule has 0 saturated carbocycles. The summed E-state index contributed by atoms with van der Waals surface area (Å²) in [6.07, 6.45) is 6.16. The van der Waals surface area contributed by atoms with Gasteiger partial charge in [0, 0.05) is 25.7 Å². The first-order valence-electron chi connectivity index (χ1n) is 16.8. The van der Waals surface area contributed by atoms with Gasteiger partial charge in [0.25, 0.3) is 0 Å². The largest absolute Gasteiger partial charge is 0.494 e. The Balaban J connectivity index is 2.21. The maximum absolute atomic E-state index is 13.6. The Morgan fingerprint density at radius 2 is 1.77 bits per heavy atom. The van der Waals surface area contributed by atoms with E-state index < -0.39 is 41.6 Å². The van der Waals surface area contributed by atoms with Gasteiger partial charge in [-0.1, -0.05) is 38.5 Å². The van der Waals surface area contributed by atoms with Gasteiger partial charge in [-0.3, -0.25) is 19.3 Å². The molecule has 0 aromatic heterocycles. The Labute approximate surface area is 286 Å². The predicted molar refractivity (Wildman–Crippen MR) is 187 cm³/mol. The molecule has 268 valence electrons. The molecule has 0 spiro atoms. The van der Waals surface area contributed by atoms with Gasteiger partial charge in [-0.05, 0) is 88.9 Å². The number of amides is 3. The van der Waals surface area contributed by atoms with Crippen LogP contribution in [0, 0.1) is 11.8 Å². The Bertz CT molecular complexity index is 1240. The first-order chi connectivity index (χ1) is 22.8. The van der Waals surface area contributed by atoms with Crippen LogP contribution in [0.25, 0.3) is 0 Å². The van der Waals surface area contributed by atoms with E-state index in [9.17, 15) is 19.2 Å². The number of allylic oxidation sites excluding steroid dienone is 2. The summed E-state index contributed by atoms with van der Waals surface area (Å²) in [6.45, 7) is 13.3. The number of nitrogens with one attached hydrogen (secondary N) is 4. The summed E-state index contributed by atoms with van der Waals surface area (Å²) in [4.78, 5) is 52.5. The number of carbonyl (C=O) groups excluding carboxylic acids is 4. The molecule has 2 rings (SSSR count). The molecule has 0 heterocycles.